The molecule has 1 atom stereocenters. The summed E-state index contributed by atoms with van der Waals surface area (Å²) in [6.45, 7) is 2.92. The summed E-state index contributed by atoms with van der Waals surface area (Å²) in [6.07, 6.45) is 2.86. The van der Waals surface area contributed by atoms with E-state index >= 15 is 0 Å². The number of nitrogen functional groups attached to an aromatic ring is 1. The zero-order chi connectivity index (χ0) is 9.80. The van der Waals surface area contributed by atoms with Crippen LogP contribution in [0.2, 0.25) is 0 Å². The number of hydrogen-bond donors (Lipinski definition) is 2. The molecule has 2 heterocycles. The van der Waals surface area contributed by atoms with E-state index in [0.717, 1.165) is 25.4 Å². The molecule has 1 aromatic heterocycles. The molecule has 0 saturated carbocycles. The van der Waals surface area contributed by atoms with Crippen molar-refractivity contribution in [2.75, 3.05) is 25.4 Å². The number of nitrogens with two attached hydrogens (primary N) is 1. The second-order valence-corrected chi connectivity index (χ2v) is 3.59. The summed E-state index contributed by atoms with van der Waals surface area (Å²) < 4.78 is 5.61. The van der Waals surface area contributed by atoms with Crippen LogP contribution >= 0.6 is 0 Å². The summed E-state index contributed by atoms with van der Waals surface area (Å²) in [4.78, 5) is 3.91. The maximum Gasteiger partial charge on any atom is 0.126 e. The zero-order valence-electron chi connectivity index (χ0n) is 8.07. The standard InChI is InChI=1S/C10H15N3O/c11-10-5-9(2-4-13-10)14-7-8-1-3-12-6-8/h2,4-5,8,12H,1,3,6-7H2,(H2,11,13). The van der Waals surface area contributed by atoms with Crippen LogP contribution in [0.1, 0.15) is 6.42 Å². The van der Waals surface area contributed by atoms with Crippen LogP contribution in [0.15, 0.2) is 18.3 Å². The Morgan fingerprint density at radius 3 is 3.29 bits per heavy atom. The number of nitrogens with zero attached hydrogens (tertiary/aromatic N) is 1. The van der Waals surface area contributed by atoms with E-state index < -0.39 is 0 Å². The number of hydrogen-bond acceptors (Lipinski definition) is 4. The summed E-state index contributed by atoms with van der Waals surface area (Å²) in [5.41, 5.74) is 5.54. The van der Waals surface area contributed by atoms with E-state index in [1.807, 2.05) is 6.07 Å². The van der Waals surface area contributed by atoms with Gasteiger partial charge in [0.05, 0.1) is 6.61 Å². The Hall–Kier alpha value is -1.29. The molecule has 0 aromatic carbocycles. The first-order valence-electron chi connectivity index (χ1n) is 4.89. The Morgan fingerprint density at radius 2 is 2.57 bits per heavy atom. The van der Waals surface area contributed by atoms with Crippen LogP contribution in [0, 0.1) is 5.92 Å². The number of rotatable bonds is 3. The molecular weight excluding hydrogens is 178 g/mol. The molecule has 4 nitrogen and oxygen atoms in total. The van der Waals surface area contributed by atoms with Gasteiger partial charge >= 0.3 is 0 Å². The third-order valence-corrected chi connectivity index (χ3v) is 2.40. The van der Waals surface area contributed by atoms with Crippen molar-refractivity contribution < 1.29 is 4.74 Å². The maximum atomic E-state index is 5.61. The average Bonchev–Trinajstić information content (AvgIpc) is 2.67. The molecule has 0 radical (unpaired) electrons. The number of anilines is 1. The highest BCUT2D eigenvalue weighted by atomic mass is 16.5. The summed E-state index contributed by atoms with van der Waals surface area (Å²) in [7, 11) is 0. The first-order chi connectivity index (χ1) is 6.84. The Kier molecular flexibility index (Phi) is 2.84. The largest absolute Gasteiger partial charge is 0.493 e. The quantitative estimate of drug-likeness (QED) is 0.740. The van der Waals surface area contributed by atoms with Gasteiger partial charge in [0.1, 0.15) is 11.6 Å². The highest BCUT2D eigenvalue weighted by Crippen LogP contribution is 2.15. The minimum absolute atomic E-state index is 0.507. The van der Waals surface area contributed by atoms with Crippen LogP contribution in [-0.4, -0.2) is 24.7 Å². The molecule has 14 heavy (non-hydrogen) atoms. The van der Waals surface area contributed by atoms with Crippen molar-refractivity contribution in [3.05, 3.63) is 18.3 Å². The molecule has 1 aliphatic heterocycles. The second-order valence-electron chi connectivity index (χ2n) is 3.59. The van der Waals surface area contributed by atoms with Gasteiger partial charge in [0.2, 0.25) is 0 Å². The monoisotopic (exact) mass is 193 g/mol. The summed E-state index contributed by atoms with van der Waals surface area (Å²) in [6, 6.07) is 3.58. The summed E-state index contributed by atoms with van der Waals surface area (Å²) in [5.74, 6) is 1.95. The zero-order valence-corrected chi connectivity index (χ0v) is 8.07. The van der Waals surface area contributed by atoms with Crippen LogP contribution in [0.5, 0.6) is 5.75 Å². The van der Waals surface area contributed by atoms with Gasteiger partial charge in [-0.15, -0.1) is 0 Å². The Labute approximate surface area is 83.5 Å². The molecule has 1 saturated heterocycles. The molecule has 1 aliphatic rings. The first-order valence-corrected chi connectivity index (χ1v) is 4.89. The van der Waals surface area contributed by atoms with Crippen LogP contribution in [0.3, 0.4) is 0 Å². The molecular formula is C10H15N3O. The van der Waals surface area contributed by atoms with Gasteiger partial charge in [0, 0.05) is 24.7 Å². The normalized spacial score (nSPS) is 21.0. The van der Waals surface area contributed by atoms with Gasteiger partial charge in [-0.25, -0.2) is 4.98 Å². The fourth-order valence-corrected chi connectivity index (χ4v) is 1.59. The van der Waals surface area contributed by atoms with Gasteiger partial charge in [-0.2, -0.15) is 0 Å². The Morgan fingerprint density at radius 1 is 1.64 bits per heavy atom. The summed E-state index contributed by atoms with van der Waals surface area (Å²) in [5, 5.41) is 3.30. The maximum absolute atomic E-state index is 5.61. The molecule has 2 rings (SSSR count). The summed E-state index contributed by atoms with van der Waals surface area (Å²) >= 11 is 0. The highest BCUT2D eigenvalue weighted by Gasteiger charge is 2.14. The predicted octanol–water partition coefficient (Wildman–Crippen LogP) is 0.652. The third kappa shape index (κ3) is 2.35. The Bertz CT molecular complexity index is 297. The minimum Gasteiger partial charge on any atom is -0.493 e. The number of aromatic nitrogens is 1. The van der Waals surface area contributed by atoms with Gasteiger partial charge in [-0.05, 0) is 19.0 Å². The van der Waals surface area contributed by atoms with E-state index in [1.54, 1.807) is 12.3 Å². The predicted molar refractivity (Wildman–Crippen MR) is 55.1 cm³/mol. The van der Waals surface area contributed by atoms with Gasteiger partial charge in [-0.3, -0.25) is 0 Å². The average molecular weight is 193 g/mol. The lowest BCUT2D eigenvalue weighted by Gasteiger charge is -2.10. The molecule has 4 heteroatoms. The van der Waals surface area contributed by atoms with Gasteiger partial charge in [-0.1, -0.05) is 0 Å². The fourth-order valence-electron chi connectivity index (χ4n) is 1.59. The number of nitrogens with one attached hydrogen (secondary N) is 1. The van der Waals surface area contributed by atoms with E-state index in [-0.39, 0.29) is 0 Å². The van der Waals surface area contributed by atoms with Crippen molar-refractivity contribution in [3.63, 3.8) is 0 Å². The van der Waals surface area contributed by atoms with E-state index in [0.29, 0.717) is 11.7 Å². The molecule has 0 amide bonds. The smallest absolute Gasteiger partial charge is 0.126 e. The third-order valence-electron chi connectivity index (χ3n) is 2.40. The van der Waals surface area contributed by atoms with Crippen molar-refractivity contribution in [1.82, 2.24) is 10.3 Å². The lowest BCUT2D eigenvalue weighted by molar-refractivity contribution is 0.260. The molecule has 1 unspecified atom stereocenters. The fraction of sp³-hybridized carbons (Fsp3) is 0.500. The lowest BCUT2D eigenvalue weighted by atomic mass is 10.1. The van der Waals surface area contributed by atoms with Crippen molar-refractivity contribution in [2.24, 2.45) is 5.92 Å². The molecule has 1 fully saturated rings. The molecule has 0 spiro atoms. The van der Waals surface area contributed by atoms with E-state index in [1.165, 1.54) is 6.42 Å². The van der Waals surface area contributed by atoms with Gasteiger partial charge in [0.15, 0.2) is 0 Å². The van der Waals surface area contributed by atoms with E-state index in [4.69, 9.17) is 10.5 Å². The van der Waals surface area contributed by atoms with E-state index in [2.05, 4.69) is 10.3 Å². The lowest BCUT2D eigenvalue weighted by Crippen LogP contribution is -2.15. The van der Waals surface area contributed by atoms with Gasteiger partial charge in [0.25, 0.3) is 0 Å². The topological polar surface area (TPSA) is 60.2 Å². The number of pyridine rings is 1. The van der Waals surface area contributed by atoms with Crippen LogP contribution in [-0.2, 0) is 0 Å². The second kappa shape index (κ2) is 4.28. The molecule has 1 aromatic rings. The van der Waals surface area contributed by atoms with Gasteiger partial charge < -0.3 is 15.8 Å². The molecule has 0 aliphatic carbocycles. The molecule has 76 valence electrons. The van der Waals surface area contributed by atoms with Crippen molar-refractivity contribution in [3.8, 4) is 5.75 Å². The van der Waals surface area contributed by atoms with Crippen molar-refractivity contribution >= 4 is 5.82 Å². The van der Waals surface area contributed by atoms with Crippen LogP contribution in [0.25, 0.3) is 0 Å². The van der Waals surface area contributed by atoms with Crippen molar-refractivity contribution in [2.45, 2.75) is 6.42 Å². The van der Waals surface area contributed by atoms with E-state index in [9.17, 15) is 0 Å². The molecule has 0 bridgehead atoms. The highest BCUT2D eigenvalue weighted by molar-refractivity contribution is 5.35. The van der Waals surface area contributed by atoms with Crippen LogP contribution in [0.4, 0.5) is 5.82 Å². The SMILES string of the molecule is Nc1cc(OCC2CCNC2)ccn1. The number of ether oxygens (including phenoxy) is 1. The van der Waals surface area contributed by atoms with Crippen LogP contribution < -0.4 is 15.8 Å². The minimum atomic E-state index is 0.507. The first kappa shape index (κ1) is 9.27. The Balaban J connectivity index is 1.85. The molecule has 3 N–H and O–H groups in total. The van der Waals surface area contributed by atoms with Crippen molar-refractivity contribution in [1.29, 1.82) is 0 Å².